The van der Waals surface area contributed by atoms with Crippen LogP contribution in [0.2, 0.25) is 0 Å². The zero-order chi connectivity index (χ0) is 18.0. The topological polar surface area (TPSA) is 40.6 Å². The molecule has 26 heavy (non-hydrogen) atoms. The highest BCUT2D eigenvalue weighted by Gasteiger charge is 2.31. The standard InChI is InChI=1S/C21H26N2O2S/c24-26(25,21-10-2-1-3-11-21)23-13-6-7-18(16-23)15-22-14-12-19-8-4-5-9-20(19)17-22/h1-5,8-11,18H,6-7,12-17H2. The Hall–Kier alpha value is -1.69. The second-order valence-corrected chi connectivity index (χ2v) is 9.38. The molecule has 4 nitrogen and oxygen atoms in total. The van der Waals surface area contributed by atoms with Gasteiger partial charge in [0.1, 0.15) is 0 Å². The Labute approximate surface area is 156 Å². The number of hydrogen-bond donors (Lipinski definition) is 0. The van der Waals surface area contributed by atoms with Crippen LogP contribution in [-0.2, 0) is 23.0 Å². The van der Waals surface area contributed by atoms with Crippen molar-refractivity contribution in [3.8, 4) is 0 Å². The lowest BCUT2D eigenvalue weighted by molar-refractivity contribution is 0.167. The molecule has 1 unspecified atom stereocenters. The summed E-state index contributed by atoms with van der Waals surface area (Å²) < 4.78 is 27.5. The van der Waals surface area contributed by atoms with Crippen molar-refractivity contribution >= 4 is 10.0 Å². The van der Waals surface area contributed by atoms with E-state index in [1.54, 1.807) is 28.6 Å². The summed E-state index contributed by atoms with van der Waals surface area (Å²) in [5.41, 5.74) is 2.88. The maximum absolute atomic E-state index is 12.9. The lowest BCUT2D eigenvalue weighted by Gasteiger charge is -2.36. The van der Waals surface area contributed by atoms with Gasteiger partial charge in [-0.2, -0.15) is 4.31 Å². The first-order valence-electron chi connectivity index (χ1n) is 9.47. The largest absolute Gasteiger partial charge is 0.298 e. The molecule has 138 valence electrons. The van der Waals surface area contributed by atoms with Crippen LogP contribution in [-0.4, -0.2) is 43.8 Å². The van der Waals surface area contributed by atoms with E-state index in [0.29, 0.717) is 23.9 Å². The summed E-state index contributed by atoms with van der Waals surface area (Å²) >= 11 is 0. The Morgan fingerprint density at radius 3 is 2.46 bits per heavy atom. The number of sulfonamides is 1. The molecule has 0 bridgehead atoms. The molecule has 0 aliphatic carbocycles. The molecular formula is C21H26N2O2S. The molecule has 2 aromatic rings. The van der Waals surface area contributed by atoms with Crippen molar-refractivity contribution < 1.29 is 8.42 Å². The second kappa shape index (κ2) is 7.51. The van der Waals surface area contributed by atoms with E-state index in [4.69, 9.17) is 0 Å². The average molecular weight is 371 g/mol. The van der Waals surface area contributed by atoms with Crippen molar-refractivity contribution in [1.82, 2.24) is 9.21 Å². The molecule has 0 spiro atoms. The molecule has 0 aromatic heterocycles. The zero-order valence-corrected chi connectivity index (χ0v) is 15.9. The molecule has 2 aliphatic heterocycles. The second-order valence-electron chi connectivity index (χ2n) is 7.44. The van der Waals surface area contributed by atoms with Crippen LogP contribution >= 0.6 is 0 Å². The first-order valence-corrected chi connectivity index (χ1v) is 10.9. The van der Waals surface area contributed by atoms with Gasteiger partial charge in [-0.3, -0.25) is 4.90 Å². The van der Waals surface area contributed by atoms with Gasteiger partial charge < -0.3 is 0 Å². The molecule has 0 amide bonds. The maximum atomic E-state index is 12.9. The molecular weight excluding hydrogens is 344 g/mol. The number of fused-ring (bicyclic) bond motifs is 1. The van der Waals surface area contributed by atoms with Crippen LogP contribution in [0.4, 0.5) is 0 Å². The van der Waals surface area contributed by atoms with Crippen LogP contribution in [0.15, 0.2) is 59.5 Å². The molecule has 5 heteroatoms. The van der Waals surface area contributed by atoms with Crippen LogP contribution in [0.3, 0.4) is 0 Å². The van der Waals surface area contributed by atoms with Gasteiger partial charge in [-0.1, -0.05) is 42.5 Å². The van der Waals surface area contributed by atoms with E-state index in [9.17, 15) is 8.42 Å². The van der Waals surface area contributed by atoms with Crippen LogP contribution in [0.1, 0.15) is 24.0 Å². The maximum Gasteiger partial charge on any atom is 0.243 e. The van der Waals surface area contributed by atoms with E-state index in [-0.39, 0.29) is 0 Å². The first kappa shape index (κ1) is 17.7. The molecule has 2 heterocycles. The van der Waals surface area contributed by atoms with Crippen LogP contribution in [0.5, 0.6) is 0 Å². The fourth-order valence-corrected chi connectivity index (χ4v) is 5.79. The van der Waals surface area contributed by atoms with Gasteiger partial charge in [0.25, 0.3) is 0 Å². The van der Waals surface area contributed by atoms with Gasteiger partial charge in [0.2, 0.25) is 10.0 Å². The first-order chi connectivity index (χ1) is 12.6. The van der Waals surface area contributed by atoms with Gasteiger partial charge >= 0.3 is 0 Å². The number of benzene rings is 2. The van der Waals surface area contributed by atoms with Crippen molar-refractivity contribution in [2.45, 2.75) is 30.7 Å². The third-order valence-corrected chi connectivity index (χ3v) is 7.47. The number of nitrogens with zero attached hydrogens (tertiary/aromatic N) is 2. The Kier molecular flexibility index (Phi) is 5.11. The van der Waals surface area contributed by atoms with Crippen molar-refractivity contribution in [2.24, 2.45) is 5.92 Å². The van der Waals surface area contributed by atoms with Gasteiger partial charge in [0, 0.05) is 32.7 Å². The fraction of sp³-hybridized carbons (Fsp3) is 0.429. The van der Waals surface area contributed by atoms with E-state index in [1.807, 2.05) is 6.07 Å². The van der Waals surface area contributed by atoms with Gasteiger partial charge in [0.15, 0.2) is 0 Å². The predicted molar refractivity (Wildman–Crippen MR) is 103 cm³/mol. The Bertz CT molecular complexity index is 851. The summed E-state index contributed by atoms with van der Waals surface area (Å²) in [6, 6.07) is 17.5. The van der Waals surface area contributed by atoms with Crippen molar-refractivity contribution in [1.29, 1.82) is 0 Å². The minimum absolute atomic E-state index is 0.410. The molecule has 0 saturated carbocycles. The Balaban J connectivity index is 1.42. The highest BCUT2D eigenvalue weighted by atomic mass is 32.2. The van der Waals surface area contributed by atoms with Gasteiger partial charge in [-0.25, -0.2) is 8.42 Å². The monoisotopic (exact) mass is 370 g/mol. The molecule has 0 radical (unpaired) electrons. The van der Waals surface area contributed by atoms with E-state index in [1.165, 1.54) is 11.1 Å². The summed E-state index contributed by atoms with van der Waals surface area (Å²) in [6.07, 6.45) is 3.15. The quantitative estimate of drug-likeness (QED) is 0.830. The Morgan fingerprint density at radius 2 is 1.65 bits per heavy atom. The molecule has 2 aromatic carbocycles. The highest BCUT2D eigenvalue weighted by Crippen LogP contribution is 2.26. The van der Waals surface area contributed by atoms with Crippen LogP contribution in [0.25, 0.3) is 0 Å². The minimum Gasteiger partial charge on any atom is -0.298 e. The molecule has 4 rings (SSSR count). The zero-order valence-electron chi connectivity index (χ0n) is 15.0. The number of piperidine rings is 1. The number of rotatable bonds is 4. The summed E-state index contributed by atoms with van der Waals surface area (Å²) in [4.78, 5) is 2.90. The Morgan fingerprint density at radius 1 is 0.923 bits per heavy atom. The van der Waals surface area contributed by atoms with Crippen molar-refractivity contribution in [3.63, 3.8) is 0 Å². The van der Waals surface area contributed by atoms with Gasteiger partial charge in [0.05, 0.1) is 4.90 Å². The van der Waals surface area contributed by atoms with E-state index in [0.717, 1.165) is 38.9 Å². The van der Waals surface area contributed by atoms with Crippen molar-refractivity contribution in [2.75, 3.05) is 26.2 Å². The summed E-state index contributed by atoms with van der Waals surface area (Å²) in [5, 5.41) is 0. The van der Waals surface area contributed by atoms with E-state index >= 15 is 0 Å². The van der Waals surface area contributed by atoms with Gasteiger partial charge in [-0.15, -0.1) is 0 Å². The predicted octanol–water partition coefficient (Wildman–Crippen LogP) is 3.15. The molecule has 1 saturated heterocycles. The summed E-state index contributed by atoms with van der Waals surface area (Å²) in [7, 11) is -3.37. The fourth-order valence-electron chi connectivity index (χ4n) is 4.21. The van der Waals surface area contributed by atoms with Crippen LogP contribution < -0.4 is 0 Å². The smallest absolute Gasteiger partial charge is 0.243 e. The van der Waals surface area contributed by atoms with Crippen molar-refractivity contribution in [3.05, 3.63) is 65.7 Å². The lowest BCUT2D eigenvalue weighted by atomic mass is 9.95. The highest BCUT2D eigenvalue weighted by molar-refractivity contribution is 7.89. The molecule has 1 fully saturated rings. The summed E-state index contributed by atoms with van der Waals surface area (Å²) in [5.74, 6) is 0.410. The average Bonchev–Trinajstić information content (AvgIpc) is 2.69. The van der Waals surface area contributed by atoms with E-state index < -0.39 is 10.0 Å². The molecule has 1 atom stereocenters. The number of hydrogen-bond acceptors (Lipinski definition) is 3. The summed E-state index contributed by atoms with van der Waals surface area (Å²) in [6.45, 7) is 4.30. The molecule has 2 aliphatic rings. The minimum atomic E-state index is -3.37. The van der Waals surface area contributed by atoms with E-state index in [2.05, 4.69) is 29.2 Å². The van der Waals surface area contributed by atoms with Gasteiger partial charge in [-0.05, 0) is 48.4 Å². The third kappa shape index (κ3) is 3.70. The molecule has 0 N–H and O–H groups in total. The SMILES string of the molecule is O=S(=O)(c1ccccc1)N1CCCC(CN2CCc3ccccc3C2)C1. The van der Waals surface area contributed by atoms with Crippen LogP contribution in [0, 0.1) is 5.92 Å². The normalized spacial score (nSPS) is 22.1. The third-order valence-electron chi connectivity index (χ3n) is 5.59. The lowest BCUT2D eigenvalue weighted by Crippen LogP contribution is -2.44.